The van der Waals surface area contributed by atoms with Gasteiger partial charge in [-0.3, -0.25) is 0 Å². The van der Waals surface area contributed by atoms with E-state index in [0.29, 0.717) is 0 Å². The van der Waals surface area contributed by atoms with Gasteiger partial charge < -0.3 is 5.32 Å². The van der Waals surface area contributed by atoms with Gasteiger partial charge in [-0.05, 0) is 30.4 Å². The summed E-state index contributed by atoms with van der Waals surface area (Å²) in [6.07, 6.45) is 1.01. The Morgan fingerprint density at radius 1 is 1.40 bits per heavy atom. The maximum atomic E-state index is 4.47. The molecule has 0 saturated heterocycles. The van der Waals surface area contributed by atoms with Crippen LogP contribution in [0.5, 0.6) is 0 Å². The van der Waals surface area contributed by atoms with Gasteiger partial charge in [0.05, 0.1) is 12.2 Å². The number of aryl methyl sites for hydroxylation is 2. The number of rotatable bonds is 4. The maximum Gasteiger partial charge on any atom is 0.183 e. The SMILES string of the molecule is CCc1csc(NCc2sccc2C)n1. The molecule has 2 nitrogen and oxygen atoms in total. The third-order valence-corrected chi connectivity index (χ3v) is 4.15. The van der Waals surface area contributed by atoms with Crippen LogP contribution in [0.1, 0.15) is 23.1 Å². The van der Waals surface area contributed by atoms with E-state index >= 15 is 0 Å². The molecular weight excluding hydrogens is 224 g/mol. The van der Waals surface area contributed by atoms with Gasteiger partial charge >= 0.3 is 0 Å². The second-order valence-electron chi connectivity index (χ2n) is 3.38. The van der Waals surface area contributed by atoms with E-state index < -0.39 is 0 Å². The Morgan fingerprint density at radius 2 is 2.27 bits per heavy atom. The highest BCUT2D eigenvalue weighted by atomic mass is 32.1. The minimum absolute atomic E-state index is 0.889. The molecule has 0 amide bonds. The number of hydrogen-bond donors (Lipinski definition) is 1. The van der Waals surface area contributed by atoms with Gasteiger partial charge in [0.2, 0.25) is 0 Å². The van der Waals surface area contributed by atoms with Crippen molar-refractivity contribution in [2.45, 2.75) is 26.8 Å². The van der Waals surface area contributed by atoms with Crippen molar-refractivity contribution in [2.75, 3.05) is 5.32 Å². The fourth-order valence-corrected chi connectivity index (χ4v) is 2.93. The van der Waals surface area contributed by atoms with Crippen LogP contribution in [0.4, 0.5) is 5.13 Å². The molecule has 0 bridgehead atoms. The van der Waals surface area contributed by atoms with Crippen LogP contribution >= 0.6 is 22.7 Å². The van der Waals surface area contributed by atoms with E-state index in [1.54, 1.807) is 22.7 Å². The second-order valence-corrected chi connectivity index (χ2v) is 5.24. The molecule has 0 unspecified atom stereocenters. The van der Waals surface area contributed by atoms with Crippen LogP contribution in [-0.2, 0) is 13.0 Å². The first kappa shape index (κ1) is 10.6. The highest BCUT2D eigenvalue weighted by Gasteiger charge is 2.02. The third kappa shape index (κ3) is 2.58. The summed E-state index contributed by atoms with van der Waals surface area (Å²) in [7, 11) is 0. The second kappa shape index (κ2) is 4.77. The molecule has 0 atom stereocenters. The molecule has 4 heteroatoms. The lowest BCUT2D eigenvalue weighted by molar-refractivity contribution is 1.05. The molecule has 0 aliphatic rings. The van der Waals surface area contributed by atoms with Crippen molar-refractivity contribution in [1.82, 2.24) is 4.98 Å². The van der Waals surface area contributed by atoms with Gasteiger partial charge in [0.15, 0.2) is 5.13 Å². The van der Waals surface area contributed by atoms with Crippen LogP contribution in [0.3, 0.4) is 0 Å². The fourth-order valence-electron chi connectivity index (χ4n) is 1.29. The molecule has 0 spiro atoms. The smallest absolute Gasteiger partial charge is 0.183 e. The van der Waals surface area contributed by atoms with Crippen molar-refractivity contribution < 1.29 is 0 Å². The van der Waals surface area contributed by atoms with Crippen LogP contribution in [0.15, 0.2) is 16.8 Å². The summed E-state index contributed by atoms with van der Waals surface area (Å²) in [5, 5.41) is 8.63. The minimum Gasteiger partial charge on any atom is -0.357 e. The van der Waals surface area contributed by atoms with Crippen molar-refractivity contribution in [3.05, 3.63) is 33.0 Å². The van der Waals surface area contributed by atoms with Crippen LogP contribution in [0.25, 0.3) is 0 Å². The average Bonchev–Trinajstić information content (AvgIpc) is 2.84. The zero-order valence-electron chi connectivity index (χ0n) is 8.91. The zero-order chi connectivity index (χ0) is 10.7. The standard InChI is InChI=1S/C11H14N2S2/c1-3-9-7-15-11(13-9)12-6-10-8(2)4-5-14-10/h4-5,7H,3,6H2,1-2H3,(H,12,13). The first-order valence-corrected chi connectivity index (χ1v) is 6.76. The highest BCUT2D eigenvalue weighted by molar-refractivity contribution is 7.13. The quantitative estimate of drug-likeness (QED) is 0.878. The van der Waals surface area contributed by atoms with Crippen molar-refractivity contribution in [1.29, 1.82) is 0 Å². The molecule has 0 saturated carbocycles. The Kier molecular flexibility index (Phi) is 3.38. The van der Waals surface area contributed by atoms with Crippen molar-refractivity contribution in [2.24, 2.45) is 0 Å². The summed E-state index contributed by atoms with van der Waals surface area (Å²) in [6, 6.07) is 2.15. The number of nitrogens with one attached hydrogen (secondary N) is 1. The maximum absolute atomic E-state index is 4.47. The van der Waals surface area contributed by atoms with Gasteiger partial charge in [-0.2, -0.15) is 0 Å². The van der Waals surface area contributed by atoms with Crippen LogP contribution in [0.2, 0.25) is 0 Å². The number of thiophene rings is 1. The van der Waals surface area contributed by atoms with Crippen LogP contribution < -0.4 is 5.32 Å². The summed E-state index contributed by atoms with van der Waals surface area (Å²) in [4.78, 5) is 5.86. The third-order valence-electron chi connectivity index (χ3n) is 2.28. The Labute approximate surface area is 98.0 Å². The van der Waals surface area contributed by atoms with Crippen LogP contribution in [0, 0.1) is 6.92 Å². The summed E-state index contributed by atoms with van der Waals surface area (Å²) in [5.41, 5.74) is 2.53. The molecule has 0 fully saturated rings. The van der Waals surface area contributed by atoms with Gasteiger partial charge in [-0.25, -0.2) is 4.98 Å². The van der Waals surface area contributed by atoms with E-state index in [0.717, 1.165) is 18.1 Å². The van der Waals surface area contributed by atoms with Crippen LogP contribution in [-0.4, -0.2) is 4.98 Å². The zero-order valence-corrected chi connectivity index (χ0v) is 10.5. The lowest BCUT2D eigenvalue weighted by Crippen LogP contribution is -1.98. The van der Waals surface area contributed by atoms with E-state index in [1.165, 1.54) is 16.1 Å². The fraction of sp³-hybridized carbons (Fsp3) is 0.364. The molecular formula is C11H14N2S2. The summed E-state index contributed by atoms with van der Waals surface area (Å²) in [6.45, 7) is 5.16. The van der Waals surface area contributed by atoms with Gasteiger partial charge in [0.25, 0.3) is 0 Å². The largest absolute Gasteiger partial charge is 0.357 e. The number of hydrogen-bond acceptors (Lipinski definition) is 4. The lowest BCUT2D eigenvalue weighted by atomic mass is 10.3. The molecule has 0 aliphatic heterocycles. The normalized spacial score (nSPS) is 10.5. The molecule has 0 radical (unpaired) electrons. The number of nitrogens with zero attached hydrogens (tertiary/aromatic N) is 1. The van der Waals surface area contributed by atoms with Crippen molar-refractivity contribution in [3.63, 3.8) is 0 Å². The van der Waals surface area contributed by atoms with Gasteiger partial charge in [0.1, 0.15) is 0 Å². The van der Waals surface area contributed by atoms with Gasteiger partial charge in [-0.15, -0.1) is 22.7 Å². The molecule has 1 N–H and O–H groups in total. The number of thiazole rings is 1. The van der Waals surface area contributed by atoms with E-state index in [2.05, 4.69) is 41.0 Å². The predicted molar refractivity (Wildman–Crippen MR) is 67.9 cm³/mol. The first-order chi connectivity index (χ1) is 7.29. The summed E-state index contributed by atoms with van der Waals surface area (Å²) >= 11 is 3.48. The number of anilines is 1. The Morgan fingerprint density at radius 3 is 2.87 bits per heavy atom. The average molecular weight is 238 g/mol. The summed E-state index contributed by atoms with van der Waals surface area (Å²) in [5.74, 6) is 0. The topological polar surface area (TPSA) is 24.9 Å². The van der Waals surface area contributed by atoms with Crippen molar-refractivity contribution in [3.8, 4) is 0 Å². The molecule has 2 aromatic rings. The van der Waals surface area contributed by atoms with Crippen molar-refractivity contribution >= 4 is 27.8 Å². The summed E-state index contributed by atoms with van der Waals surface area (Å²) < 4.78 is 0. The van der Waals surface area contributed by atoms with E-state index in [-0.39, 0.29) is 0 Å². The lowest BCUT2D eigenvalue weighted by Gasteiger charge is -2.00. The van der Waals surface area contributed by atoms with Gasteiger partial charge in [0, 0.05) is 10.3 Å². The van der Waals surface area contributed by atoms with E-state index in [9.17, 15) is 0 Å². The first-order valence-electron chi connectivity index (χ1n) is 5.01. The molecule has 2 rings (SSSR count). The predicted octanol–water partition coefficient (Wildman–Crippen LogP) is 3.69. The monoisotopic (exact) mass is 238 g/mol. The molecule has 2 aromatic heterocycles. The van der Waals surface area contributed by atoms with Gasteiger partial charge in [-0.1, -0.05) is 6.92 Å². The molecule has 0 aromatic carbocycles. The Hall–Kier alpha value is -0.870. The molecule has 15 heavy (non-hydrogen) atoms. The molecule has 80 valence electrons. The van der Waals surface area contributed by atoms with E-state index in [4.69, 9.17) is 0 Å². The Bertz CT molecular complexity index is 431. The molecule has 0 aliphatic carbocycles. The Balaban J connectivity index is 1.96. The highest BCUT2D eigenvalue weighted by Crippen LogP contribution is 2.20. The minimum atomic E-state index is 0.889. The number of aromatic nitrogens is 1. The van der Waals surface area contributed by atoms with E-state index in [1.807, 2.05) is 0 Å². The molecule has 2 heterocycles.